The molecule has 2 heterocycles. The van der Waals surface area contributed by atoms with Gasteiger partial charge in [0.15, 0.2) is 0 Å². The average Bonchev–Trinajstić information content (AvgIpc) is 3.09. The van der Waals surface area contributed by atoms with Gasteiger partial charge in [0.05, 0.1) is 6.04 Å². The fraction of sp³-hybridized carbons (Fsp3) is 0.190. The minimum absolute atomic E-state index is 0.404. The Hall–Kier alpha value is -2.77. The van der Waals surface area contributed by atoms with Crippen molar-refractivity contribution in [2.24, 2.45) is 11.7 Å². The minimum atomic E-state index is -0.631. The van der Waals surface area contributed by atoms with Gasteiger partial charge >= 0.3 is 0 Å². The zero-order chi connectivity index (χ0) is 20.5. The van der Waals surface area contributed by atoms with Crippen molar-refractivity contribution in [3.63, 3.8) is 0 Å². The highest BCUT2D eigenvalue weighted by Crippen LogP contribution is 2.38. The van der Waals surface area contributed by atoms with Gasteiger partial charge in [0.25, 0.3) is 0 Å². The van der Waals surface area contributed by atoms with Gasteiger partial charge in [-0.3, -0.25) is 4.79 Å². The molecule has 29 heavy (non-hydrogen) atoms. The number of aromatic nitrogens is 3. The third kappa shape index (κ3) is 3.88. The highest BCUT2D eigenvalue weighted by molar-refractivity contribution is 7.98. The van der Waals surface area contributed by atoms with Crippen LogP contribution in [0.25, 0.3) is 0 Å². The smallest absolute Gasteiger partial charge is 0.229 e. The van der Waals surface area contributed by atoms with Crippen LogP contribution in [-0.2, 0) is 10.5 Å². The van der Waals surface area contributed by atoms with Crippen LogP contribution >= 0.6 is 23.4 Å². The Kier molecular flexibility index (Phi) is 5.34. The summed E-state index contributed by atoms with van der Waals surface area (Å²) in [5.41, 5.74) is 9.30. The van der Waals surface area contributed by atoms with E-state index < -0.39 is 17.9 Å². The van der Waals surface area contributed by atoms with E-state index in [2.05, 4.69) is 22.0 Å². The van der Waals surface area contributed by atoms with Gasteiger partial charge < -0.3 is 11.1 Å². The van der Waals surface area contributed by atoms with Gasteiger partial charge in [-0.1, -0.05) is 78.0 Å². The van der Waals surface area contributed by atoms with Gasteiger partial charge in [-0.2, -0.15) is 4.98 Å². The number of aryl methyl sites for hydroxylation is 1. The topological polar surface area (TPSA) is 85.8 Å². The van der Waals surface area contributed by atoms with Crippen molar-refractivity contribution in [3.05, 3.63) is 82.5 Å². The number of rotatable bonds is 5. The number of carbonyl (C=O) groups is 1. The van der Waals surface area contributed by atoms with Crippen LogP contribution in [-0.4, -0.2) is 20.7 Å². The fourth-order valence-electron chi connectivity index (χ4n) is 3.38. The van der Waals surface area contributed by atoms with Crippen molar-refractivity contribution in [2.45, 2.75) is 23.9 Å². The van der Waals surface area contributed by atoms with Gasteiger partial charge in [0.2, 0.25) is 17.0 Å². The standard InChI is InChI=1S/C21H20ClN5OS/c1-12-7-9-14(10-8-12)18-17(19(23)28)13(2)24-20-25-21(26-27(18)20)29-11-15-5-3-4-6-16(15)22/h3-10,17-18H,2,11H2,1H3,(H2,23,28)(H,24,25,26). The lowest BCUT2D eigenvalue weighted by molar-refractivity contribution is -0.121. The van der Waals surface area contributed by atoms with Gasteiger partial charge in [0.1, 0.15) is 5.92 Å². The first-order valence-electron chi connectivity index (χ1n) is 9.08. The molecular weight excluding hydrogens is 406 g/mol. The van der Waals surface area contributed by atoms with Crippen molar-refractivity contribution >= 4 is 35.2 Å². The van der Waals surface area contributed by atoms with E-state index in [9.17, 15) is 4.79 Å². The number of halogens is 1. The van der Waals surface area contributed by atoms with Crippen molar-refractivity contribution in [1.82, 2.24) is 14.8 Å². The van der Waals surface area contributed by atoms with Crippen molar-refractivity contribution in [2.75, 3.05) is 5.32 Å². The number of benzene rings is 2. The molecule has 2 atom stereocenters. The number of nitrogens with two attached hydrogens (primary N) is 1. The van der Waals surface area contributed by atoms with E-state index in [1.165, 1.54) is 11.8 Å². The SMILES string of the molecule is C=C1Nc2nc(SCc3ccccc3Cl)nn2C(c2ccc(C)cc2)C1C(N)=O. The molecule has 2 aromatic carbocycles. The lowest BCUT2D eigenvalue weighted by atomic mass is 9.88. The molecule has 0 spiro atoms. The Morgan fingerprint density at radius 2 is 2.00 bits per heavy atom. The summed E-state index contributed by atoms with van der Waals surface area (Å²) < 4.78 is 1.73. The largest absolute Gasteiger partial charge is 0.369 e. The van der Waals surface area contributed by atoms with E-state index in [-0.39, 0.29) is 0 Å². The van der Waals surface area contributed by atoms with Crippen molar-refractivity contribution < 1.29 is 4.79 Å². The number of carbonyl (C=O) groups excluding carboxylic acids is 1. The third-order valence-corrected chi connectivity index (χ3v) is 6.13. The Balaban J connectivity index is 1.68. The lowest BCUT2D eigenvalue weighted by Crippen LogP contribution is -2.40. The molecule has 0 fully saturated rings. The molecule has 4 rings (SSSR count). The molecule has 1 aromatic heterocycles. The maximum Gasteiger partial charge on any atom is 0.229 e. The molecule has 1 aliphatic rings. The first kappa shape index (κ1) is 19.5. The summed E-state index contributed by atoms with van der Waals surface area (Å²) in [5.74, 6) is 0.0889. The van der Waals surface area contributed by atoms with Crippen LogP contribution in [0, 0.1) is 12.8 Å². The summed E-state index contributed by atoms with van der Waals surface area (Å²) in [5, 5.41) is 9.04. The van der Waals surface area contributed by atoms with Gasteiger partial charge in [0, 0.05) is 16.5 Å². The number of anilines is 1. The van der Waals surface area contributed by atoms with E-state index >= 15 is 0 Å². The summed E-state index contributed by atoms with van der Waals surface area (Å²) in [6.45, 7) is 6.02. The van der Waals surface area contributed by atoms with Crippen molar-refractivity contribution in [1.29, 1.82) is 0 Å². The second-order valence-electron chi connectivity index (χ2n) is 6.93. The minimum Gasteiger partial charge on any atom is -0.369 e. The quantitative estimate of drug-likeness (QED) is 0.599. The molecule has 0 radical (unpaired) electrons. The van der Waals surface area contributed by atoms with Gasteiger partial charge in [-0.05, 0) is 24.1 Å². The molecule has 6 nitrogen and oxygen atoms in total. The van der Waals surface area contributed by atoms with Crippen LogP contribution in [0.5, 0.6) is 0 Å². The van der Waals surface area contributed by atoms with Crippen LogP contribution in [0.2, 0.25) is 5.02 Å². The third-order valence-electron chi connectivity index (χ3n) is 4.88. The lowest BCUT2D eigenvalue weighted by Gasteiger charge is -2.32. The zero-order valence-electron chi connectivity index (χ0n) is 15.8. The average molecular weight is 426 g/mol. The van der Waals surface area contributed by atoms with Crippen LogP contribution < -0.4 is 11.1 Å². The fourth-order valence-corrected chi connectivity index (χ4v) is 4.49. The van der Waals surface area contributed by atoms with Crippen LogP contribution in [0.1, 0.15) is 22.7 Å². The highest BCUT2D eigenvalue weighted by atomic mass is 35.5. The van der Waals surface area contributed by atoms with E-state index in [4.69, 9.17) is 17.3 Å². The number of hydrogen-bond acceptors (Lipinski definition) is 5. The number of amides is 1. The predicted octanol–water partition coefficient (Wildman–Crippen LogP) is 4.16. The summed E-state index contributed by atoms with van der Waals surface area (Å²) in [7, 11) is 0. The monoisotopic (exact) mass is 425 g/mol. The molecule has 1 amide bonds. The second kappa shape index (κ2) is 7.93. The molecular formula is C21H20ClN5OS. The number of thioether (sulfide) groups is 1. The Morgan fingerprint density at radius 1 is 1.28 bits per heavy atom. The molecule has 0 saturated carbocycles. The first-order chi connectivity index (χ1) is 13.9. The maximum absolute atomic E-state index is 12.2. The summed E-state index contributed by atoms with van der Waals surface area (Å²) in [6, 6.07) is 15.2. The summed E-state index contributed by atoms with van der Waals surface area (Å²) in [6.07, 6.45) is 0. The second-order valence-corrected chi connectivity index (χ2v) is 8.28. The predicted molar refractivity (Wildman–Crippen MR) is 116 cm³/mol. The summed E-state index contributed by atoms with van der Waals surface area (Å²) >= 11 is 7.72. The number of hydrogen-bond donors (Lipinski definition) is 2. The van der Waals surface area contributed by atoms with E-state index in [0.717, 1.165) is 16.7 Å². The van der Waals surface area contributed by atoms with Crippen LogP contribution in [0.3, 0.4) is 0 Å². The maximum atomic E-state index is 12.2. The highest BCUT2D eigenvalue weighted by Gasteiger charge is 2.39. The van der Waals surface area contributed by atoms with E-state index in [0.29, 0.717) is 27.6 Å². The molecule has 0 aliphatic carbocycles. The normalized spacial score (nSPS) is 18.2. The van der Waals surface area contributed by atoms with Gasteiger partial charge in [-0.15, -0.1) is 5.10 Å². The molecule has 0 saturated heterocycles. The molecule has 0 bridgehead atoms. The zero-order valence-corrected chi connectivity index (χ0v) is 17.4. The number of primary amides is 1. The number of nitrogens with one attached hydrogen (secondary N) is 1. The van der Waals surface area contributed by atoms with Crippen LogP contribution in [0.4, 0.5) is 5.95 Å². The molecule has 148 valence electrons. The molecule has 1 aliphatic heterocycles. The Bertz CT molecular complexity index is 1080. The number of fused-ring (bicyclic) bond motifs is 1. The van der Waals surface area contributed by atoms with Crippen molar-refractivity contribution in [3.8, 4) is 0 Å². The summed E-state index contributed by atoms with van der Waals surface area (Å²) in [4.78, 5) is 16.8. The first-order valence-corrected chi connectivity index (χ1v) is 10.4. The number of nitrogens with zero attached hydrogens (tertiary/aromatic N) is 3. The molecule has 2 unspecified atom stereocenters. The molecule has 8 heteroatoms. The Morgan fingerprint density at radius 3 is 2.69 bits per heavy atom. The molecule has 3 N–H and O–H groups in total. The molecule has 3 aromatic rings. The van der Waals surface area contributed by atoms with E-state index in [1.54, 1.807) is 4.68 Å². The van der Waals surface area contributed by atoms with Crippen LogP contribution in [0.15, 0.2) is 66.0 Å². The van der Waals surface area contributed by atoms with Gasteiger partial charge in [-0.25, -0.2) is 4.68 Å². The van der Waals surface area contributed by atoms with E-state index in [1.807, 2.05) is 55.5 Å². The Labute approximate surface area is 178 Å².